The molecule has 1 aromatic rings. The van der Waals surface area contributed by atoms with Gasteiger partial charge in [0.2, 0.25) is 0 Å². The van der Waals surface area contributed by atoms with Crippen LogP contribution in [-0.2, 0) is 4.43 Å². The predicted molar refractivity (Wildman–Crippen MR) is 43.8 cm³/mol. The van der Waals surface area contributed by atoms with Crippen molar-refractivity contribution < 1.29 is 0 Å². The second-order valence-corrected chi connectivity index (χ2v) is 3.17. The summed E-state index contributed by atoms with van der Waals surface area (Å²) in [6, 6.07) is 0.611. The van der Waals surface area contributed by atoms with Crippen LogP contribution in [-0.4, -0.2) is 20.2 Å². The molecule has 54 valence electrons. The molecule has 0 atom stereocenters. The van der Waals surface area contributed by atoms with E-state index in [1.54, 1.807) is 0 Å². The Hall–Kier alpha value is -0.200. The van der Waals surface area contributed by atoms with Gasteiger partial charge in [-0.2, -0.15) is 0 Å². The summed E-state index contributed by atoms with van der Waals surface area (Å²) in [4.78, 5) is 0. The van der Waals surface area contributed by atoms with Gasteiger partial charge >= 0.3 is 0 Å². The molecule has 0 spiro atoms. The van der Waals surface area contributed by atoms with Crippen LogP contribution < -0.4 is 0 Å². The molecule has 4 nitrogen and oxygen atoms in total. The zero-order chi connectivity index (χ0) is 6.97. The molecular formula is C5H7IN4. The summed E-state index contributed by atoms with van der Waals surface area (Å²) in [6.07, 6.45) is 2.49. The maximum atomic E-state index is 3.90. The maximum absolute atomic E-state index is 3.90. The van der Waals surface area contributed by atoms with Crippen molar-refractivity contribution in [3.05, 3.63) is 5.82 Å². The SMILES string of the molecule is ICc1nnnn1C1CC1. The first-order valence-electron chi connectivity index (χ1n) is 3.24. The summed E-state index contributed by atoms with van der Waals surface area (Å²) in [7, 11) is 0. The molecule has 10 heavy (non-hydrogen) atoms. The third-order valence-electron chi connectivity index (χ3n) is 1.57. The van der Waals surface area contributed by atoms with E-state index in [1.807, 2.05) is 4.68 Å². The van der Waals surface area contributed by atoms with E-state index in [4.69, 9.17) is 0 Å². The number of halogens is 1. The van der Waals surface area contributed by atoms with Gasteiger partial charge in [-0.05, 0) is 23.3 Å². The number of rotatable bonds is 2. The van der Waals surface area contributed by atoms with Gasteiger partial charge in [-0.15, -0.1) is 5.10 Å². The Bertz CT molecular complexity index is 229. The highest BCUT2D eigenvalue weighted by molar-refractivity contribution is 14.1. The van der Waals surface area contributed by atoms with Crippen molar-refractivity contribution in [2.24, 2.45) is 0 Å². The van der Waals surface area contributed by atoms with Crippen molar-refractivity contribution in [1.29, 1.82) is 0 Å². The third-order valence-corrected chi connectivity index (χ3v) is 2.26. The normalized spacial score (nSPS) is 17.7. The van der Waals surface area contributed by atoms with Crippen LogP contribution in [0.1, 0.15) is 24.7 Å². The quantitative estimate of drug-likeness (QED) is 0.579. The van der Waals surface area contributed by atoms with Crippen molar-refractivity contribution in [3.63, 3.8) is 0 Å². The first-order valence-corrected chi connectivity index (χ1v) is 4.77. The fourth-order valence-electron chi connectivity index (χ4n) is 0.903. The van der Waals surface area contributed by atoms with Crippen molar-refractivity contribution in [3.8, 4) is 0 Å². The van der Waals surface area contributed by atoms with Crippen LogP contribution in [0.15, 0.2) is 0 Å². The molecule has 0 unspecified atom stereocenters. The average molecular weight is 250 g/mol. The van der Waals surface area contributed by atoms with Crippen LogP contribution in [0.5, 0.6) is 0 Å². The Morgan fingerprint density at radius 1 is 1.60 bits per heavy atom. The fourth-order valence-corrected chi connectivity index (χ4v) is 1.41. The highest BCUT2D eigenvalue weighted by Crippen LogP contribution is 2.34. The number of hydrogen-bond donors (Lipinski definition) is 0. The Balaban J connectivity index is 2.28. The summed E-state index contributed by atoms with van der Waals surface area (Å²) in [6.45, 7) is 0. The lowest BCUT2D eigenvalue weighted by molar-refractivity contribution is 0.594. The minimum atomic E-state index is 0.611. The van der Waals surface area contributed by atoms with E-state index >= 15 is 0 Å². The van der Waals surface area contributed by atoms with E-state index in [2.05, 4.69) is 38.1 Å². The molecule has 0 amide bonds. The van der Waals surface area contributed by atoms with Crippen molar-refractivity contribution in [2.45, 2.75) is 23.3 Å². The Morgan fingerprint density at radius 2 is 2.40 bits per heavy atom. The van der Waals surface area contributed by atoms with E-state index in [-0.39, 0.29) is 0 Å². The minimum Gasteiger partial charge on any atom is -0.226 e. The smallest absolute Gasteiger partial charge is 0.161 e. The van der Waals surface area contributed by atoms with Gasteiger partial charge in [-0.3, -0.25) is 0 Å². The molecule has 1 aromatic heterocycles. The predicted octanol–water partition coefficient (Wildman–Crippen LogP) is 0.943. The lowest BCUT2D eigenvalue weighted by atomic mass is 10.6. The molecule has 1 fully saturated rings. The highest BCUT2D eigenvalue weighted by Gasteiger charge is 2.26. The highest BCUT2D eigenvalue weighted by atomic mass is 127. The zero-order valence-corrected chi connectivity index (χ0v) is 7.52. The second-order valence-electron chi connectivity index (χ2n) is 2.40. The van der Waals surface area contributed by atoms with Crippen LogP contribution in [0.4, 0.5) is 0 Å². The molecule has 0 saturated heterocycles. The topological polar surface area (TPSA) is 43.6 Å². The van der Waals surface area contributed by atoms with Crippen molar-refractivity contribution >= 4 is 22.6 Å². The summed E-state index contributed by atoms with van der Waals surface area (Å²) >= 11 is 2.27. The van der Waals surface area contributed by atoms with Gasteiger partial charge in [0, 0.05) is 0 Å². The van der Waals surface area contributed by atoms with Gasteiger partial charge in [-0.1, -0.05) is 22.6 Å². The first-order chi connectivity index (χ1) is 4.92. The third kappa shape index (κ3) is 1.02. The summed E-state index contributed by atoms with van der Waals surface area (Å²) in [5.41, 5.74) is 0. The Labute approximate surface area is 72.1 Å². The average Bonchev–Trinajstić information content (AvgIpc) is 2.69. The largest absolute Gasteiger partial charge is 0.226 e. The van der Waals surface area contributed by atoms with E-state index in [0.29, 0.717) is 6.04 Å². The van der Waals surface area contributed by atoms with E-state index in [0.717, 1.165) is 10.3 Å². The molecule has 5 heteroatoms. The number of tetrazole rings is 1. The van der Waals surface area contributed by atoms with Crippen LogP contribution in [0.2, 0.25) is 0 Å². The van der Waals surface area contributed by atoms with Crippen LogP contribution in [0.3, 0.4) is 0 Å². The Morgan fingerprint density at radius 3 is 3.00 bits per heavy atom. The van der Waals surface area contributed by atoms with E-state index in [9.17, 15) is 0 Å². The Kier molecular flexibility index (Phi) is 1.59. The number of aromatic nitrogens is 4. The molecule has 0 radical (unpaired) electrons. The van der Waals surface area contributed by atoms with E-state index < -0.39 is 0 Å². The minimum absolute atomic E-state index is 0.611. The number of nitrogens with zero attached hydrogens (tertiary/aromatic N) is 4. The molecule has 1 heterocycles. The van der Waals surface area contributed by atoms with Crippen LogP contribution in [0.25, 0.3) is 0 Å². The molecule has 0 N–H and O–H groups in total. The van der Waals surface area contributed by atoms with Crippen molar-refractivity contribution in [1.82, 2.24) is 20.2 Å². The summed E-state index contributed by atoms with van der Waals surface area (Å²) < 4.78 is 2.84. The van der Waals surface area contributed by atoms with E-state index in [1.165, 1.54) is 12.8 Å². The van der Waals surface area contributed by atoms with Gasteiger partial charge in [0.25, 0.3) is 0 Å². The van der Waals surface area contributed by atoms with Gasteiger partial charge in [0.15, 0.2) is 5.82 Å². The van der Waals surface area contributed by atoms with Gasteiger partial charge < -0.3 is 0 Å². The standard InChI is InChI=1S/C5H7IN4/c6-3-5-7-8-9-10(5)4-1-2-4/h4H,1-3H2. The van der Waals surface area contributed by atoms with Crippen LogP contribution >= 0.6 is 22.6 Å². The van der Waals surface area contributed by atoms with Crippen LogP contribution in [0, 0.1) is 0 Å². The molecule has 1 aliphatic rings. The fraction of sp³-hybridized carbons (Fsp3) is 0.800. The van der Waals surface area contributed by atoms with Crippen molar-refractivity contribution in [2.75, 3.05) is 0 Å². The molecule has 0 bridgehead atoms. The van der Waals surface area contributed by atoms with Gasteiger partial charge in [-0.25, -0.2) is 4.68 Å². The lowest BCUT2D eigenvalue weighted by Gasteiger charge is -1.95. The van der Waals surface area contributed by atoms with Gasteiger partial charge in [0.1, 0.15) is 0 Å². The lowest BCUT2D eigenvalue weighted by Crippen LogP contribution is -2.00. The monoisotopic (exact) mass is 250 g/mol. The maximum Gasteiger partial charge on any atom is 0.161 e. The molecule has 0 aromatic carbocycles. The first kappa shape index (κ1) is 6.51. The molecule has 1 aliphatic carbocycles. The molecule has 2 rings (SSSR count). The zero-order valence-electron chi connectivity index (χ0n) is 5.37. The number of hydrogen-bond acceptors (Lipinski definition) is 3. The molecule has 1 saturated carbocycles. The summed E-state index contributed by atoms with van der Waals surface area (Å²) in [5.74, 6) is 1.00. The number of alkyl halides is 1. The summed E-state index contributed by atoms with van der Waals surface area (Å²) in [5, 5.41) is 11.4. The second kappa shape index (κ2) is 2.44. The van der Waals surface area contributed by atoms with Gasteiger partial charge in [0.05, 0.1) is 10.5 Å². The molecular weight excluding hydrogens is 243 g/mol. The molecule has 0 aliphatic heterocycles.